The first kappa shape index (κ1) is 13.6. The van der Waals surface area contributed by atoms with E-state index in [1.807, 2.05) is 36.4 Å². The first-order valence-electron chi connectivity index (χ1n) is 7.53. The summed E-state index contributed by atoms with van der Waals surface area (Å²) in [6.07, 6.45) is 0. The molecule has 1 aromatic heterocycles. The minimum atomic E-state index is 0.863. The number of hydrogen-bond acceptors (Lipinski definition) is 2. The molecule has 0 fully saturated rings. The number of benzene rings is 3. The van der Waals surface area contributed by atoms with Crippen LogP contribution in [0, 0.1) is 0 Å². The molecule has 23 heavy (non-hydrogen) atoms. The van der Waals surface area contributed by atoms with Crippen molar-refractivity contribution in [1.29, 1.82) is 0 Å². The Balaban J connectivity index is 1.75. The predicted molar refractivity (Wildman–Crippen MR) is 93.5 cm³/mol. The zero-order valence-corrected chi connectivity index (χ0v) is 12.8. The molecule has 0 amide bonds. The number of fused-ring (bicyclic) bond motifs is 1. The van der Waals surface area contributed by atoms with Crippen molar-refractivity contribution < 1.29 is 4.74 Å². The minimum Gasteiger partial charge on any atom is -0.497 e. The van der Waals surface area contributed by atoms with Gasteiger partial charge in [0.15, 0.2) is 0 Å². The Kier molecular flexibility index (Phi) is 3.31. The smallest absolute Gasteiger partial charge is 0.138 e. The van der Waals surface area contributed by atoms with E-state index in [-0.39, 0.29) is 0 Å². The zero-order valence-electron chi connectivity index (χ0n) is 12.8. The van der Waals surface area contributed by atoms with Crippen molar-refractivity contribution in [3.05, 3.63) is 72.8 Å². The SMILES string of the molecule is COc1ccc(-c2cccc(-c3nc4ccccc4[nH]3)c2)cc1. The molecule has 3 nitrogen and oxygen atoms in total. The third-order valence-electron chi connectivity index (χ3n) is 3.95. The highest BCUT2D eigenvalue weighted by Crippen LogP contribution is 2.27. The first-order valence-corrected chi connectivity index (χ1v) is 7.53. The van der Waals surface area contributed by atoms with Crippen LogP contribution in [0.2, 0.25) is 0 Å². The van der Waals surface area contributed by atoms with Gasteiger partial charge in [-0.1, -0.05) is 42.5 Å². The second kappa shape index (κ2) is 5.61. The van der Waals surface area contributed by atoms with Gasteiger partial charge < -0.3 is 9.72 Å². The molecule has 0 bridgehead atoms. The number of aromatic nitrogens is 2. The van der Waals surface area contributed by atoms with Crippen molar-refractivity contribution in [1.82, 2.24) is 9.97 Å². The normalized spacial score (nSPS) is 10.8. The monoisotopic (exact) mass is 300 g/mol. The number of imidazole rings is 1. The summed E-state index contributed by atoms with van der Waals surface area (Å²) in [5.41, 5.74) is 5.43. The van der Waals surface area contributed by atoms with Crippen molar-refractivity contribution in [3.8, 4) is 28.3 Å². The van der Waals surface area contributed by atoms with Gasteiger partial charge in [-0.25, -0.2) is 4.98 Å². The molecule has 0 aliphatic heterocycles. The van der Waals surface area contributed by atoms with Crippen molar-refractivity contribution in [2.75, 3.05) is 7.11 Å². The summed E-state index contributed by atoms with van der Waals surface area (Å²) in [7, 11) is 1.68. The van der Waals surface area contributed by atoms with Crippen LogP contribution in [0.15, 0.2) is 72.8 Å². The maximum Gasteiger partial charge on any atom is 0.138 e. The number of aromatic amines is 1. The average molecular weight is 300 g/mol. The van der Waals surface area contributed by atoms with Gasteiger partial charge in [-0.05, 0) is 41.5 Å². The quantitative estimate of drug-likeness (QED) is 0.584. The second-order valence-corrected chi connectivity index (χ2v) is 5.41. The van der Waals surface area contributed by atoms with Crippen LogP contribution in [0.5, 0.6) is 5.75 Å². The highest BCUT2D eigenvalue weighted by Gasteiger charge is 2.06. The number of para-hydroxylation sites is 2. The van der Waals surface area contributed by atoms with Crippen molar-refractivity contribution in [2.45, 2.75) is 0 Å². The summed E-state index contributed by atoms with van der Waals surface area (Å²) < 4.78 is 5.22. The molecule has 1 heterocycles. The summed E-state index contributed by atoms with van der Waals surface area (Å²) in [5, 5.41) is 0. The number of nitrogens with one attached hydrogen (secondary N) is 1. The highest BCUT2D eigenvalue weighted by atomic mass is 16.5. The van der Waals surface area contributed by atoms with Gasteiger partial charge in [0, 0.05) is 5.56 Å². The van der Waals surface area contributed by atoms with E-state index in [1.165, 1.54) is 0 Å². The van der Waals surface area contributed by atoms with Gasteiger partial charge >= 0.3 is 0 Å². The lowest BCUT2D eigenvalue weighted by molar-refractivity contribution is 0.415. The predicted octanol–water partition coefficient (Wildman–Crippen LogP) is 4.91. The topological polar surface area (TPSA) is 37.9 Å². The third kappa shape index (κ3) is 2.57. The van der Waals surface area contributed by atoms with E-state index in [1.54, 1.807) is 7.11 Å². The van der Waals surface area contributed by atoms with Gasteiger partial charge in [0.05, 0.1) is 18.1 Å². The maximum atomic E-state index is 5.22. The fourth-order valence-electron chi connectivity index (χ4n) is 2.72. The minimum absolute atomic E-state index is 0.863. The van der Waals surface area contributed by atoms with Crippen molar-refractivity contribution >= 4 is 11.0 Å². The number of H-pyrrole nitrogens is 1. The summed E-state index contributed by atoms with van der Waals surface area (Å²) in [6.45, 7) is 0. The number of methoxy groups -OCH3 is 1. The first-order chi connectivity index (χ1) is 11.3. The zero-order chi connectivity index (χ0) is 15.6. The van der Waals surface area contributed by atoms with Crippen molar-refractivity contribution in [2.24, 2.45) is 0 Å². The van der Waals surface area contributed by atoms with E-state index in [4.69, 9.17) is 4.74 Å². The molecular weight excluding hydrogens is 284 g/mol. The van der Waals surface area contributed by atoms with Crippen molar-refractivity contribution in [3.63, 3.8) is 0 Å². The fraction of sp³-hybridized carbons (Fsp3) is 0.0500. The standard InChI is InChI=1S/C20H16N2O/c1-23-17-11-9-14(10-12-17)15-5-4-6-16(13-15)20-21-18-7-2-3-8-19(18)22-20/h2-13H,1H3,(H,21,22). The van der Waals surface area contributed by atoms with Crippen LogP contribution in [0.25, 0.3) is 33.5 Å². The van der Waals surface area contributed by atoms with E-state index in [0.717, 1.165) is 39.3 Å². The Morgan fingerprint density at radius 3 is 2.35 bits per heavy atom. The molecular formula is C20H16N2O. The van der Waals surface area contributed by atoms with Crippen LogP contribution in [-0.4, -0.2) is 17.1 Å². The van der Waals surface area contributed by atoms with E-state index in [2.05, 4.69) is 46.4 Å². The molecule has 0 spiro atoms. The fourth-order valence-corrected chi connectivity index (χ4v) is 2.72. The Hall–Kier alpha value is -3.07. The van der Waals surface area contributed by atoms with E-state index in [9.17, 15) is 0 Å². The molecule has 4 aromatic rings. The van der Waals surface area contributed by atoms with Crippen LogP contribution in [0.3, 0.4) is 0 Å². The molecule has 0 saturated heterocycles. The highest BCUT2D eigenvalue weighted by molar-refractivity contribution is 5.80. The number of nitrogens with zero attached hydrogens (tertiary/aromatic N) is 1. The average Bonchev–Trinajstić information content (AvgIpc) is 3.06. The third-order valence-corrected chi connectivity index (χ3v) is 3.95. The molecule has 3 heteroatoms. The molecule has 0 radical (unpaired) electrons. The van der Waals surface area contributed by atoms with Gasteiger partial charge in [0.25, 0.3) is 0 Å². The Morgan fingerprint density at radius 1 is 0.783 bits per heavy atom. The Labute approximate surface area is 134 Å². The van der Waals surface area contributed by atoms with Crippen LogP contribution in [-0.2, 0) is 0 Å². The lowest BCUT2D eigenvalue weighted by atomic mass is 10.0. The van der Waals surface area contributed by atoms with Gasteiger partial charge in [-0.15, -0.1) is 0 Å². The molecule has 112 valence electrons. The van der Waals surface area contributed by atoms with Gasteiger partial charge in [0.2, 0.25) is 0 Å². The Bertz CT molecular complexity index is 922. The van der Waals surface area contributed by atoms with Gasteiger partial charge in [-0.2, -0.15) is 0 Å². The van der Waals surface area contributed by atoms with Crippen LogP contribution in [0.4, 0.5) is 0 Å². The number of rotatable bonds is 3. The molecule has 0 unspecified atom stereocenters. The summed E-state index contributed by atoms with van der Waals surface area (Å²) in [4.78, 5) is 8.05. The molecule has 3 aromatic carbocycles. The van der Waals surface area contributed by atoms with Gasteiger partial charge in [0.1, 0.15) is 11.6 Å². The van der Waals surface area contributed by atoms with Crippen LogP contribution < -0.4 is 4.74 Å². The lowest BCUT2D eigenvalue weighted by Gasteiger charge is -2.05. The van der Waals surface area contributed by atoms with Crippen LogP contribution >= 0.6 is 0 Å². The summed E-state index contributed by atoms with van der Waals surface area (Å²) in [6, 6.07) is 24.5. The maximum absolute atomic E-state index is 5.22. The summed E-state index contributed by atoms with van der Waals surface area (Å²) in [5.74, 6) is 1.75. The van der Waals surface area contributed by atoms with Crippen LogP contribution in [0.1, 0.15) is 0 Å². The largest absolute Gasteiger partial charge is 0.497 e. The number of ether oxygens (including phenoxy) is 1. The Morgan fingerprint density at radius 2 is 1.57 bits per heavy atom. The summed E-state index contributed by atoms with van der Waals surface area (Å²) >= 11 is 0. The lowest BCUT2D eigenvalue weighted by Crippen LogP contribution is -1.84. The van der Waals surface area contributed by atoms with E-state index < -0.39 is 0 Å². The molecule has 0 saturated carbocycles. The molecule has 4 rings (SSSR count). The molecule has 0 aliphatic carbocycles. The van der Waals surface area contributed by atoms with E-state index >= 15 is 0 Å². The number of hydrogen-bond donors (Lipinski definition) is 1. The van der Waals surface area contributed by atoms with E-state index in [0.29, 0.717) is 0 Å². The second-order valence-electron chi connectivity index (χ2n) is 5.41. The molecule has 0 atom stereocenters. The molecule has 1 N–H and O–H groups in total. The molecule has 0 aliphatic rings. The van der Waals surface area contributed by atoms with Gasteiger partial charge in [-0.3, -0.25) is 0 Å².